The fourth-order valence-corrected chi connectivity index (χ4v) is 12.4. The quantitative estimate of drug-likeness (QED) is 0.0574. The van der Waals surface area contributed by atoms with Gasteiger partial charge in [-0.2, -0.15) is 0 Å². The zero-order chi connectivity index (χ0) is 67.2. The van der Waals surface area contributed by atoms with Crippen LogP contribution in [0.5, 0.6) is 40.2 Å². The minimum Gasteiger partial charge on any atom is -0.508 e. The van der Waals surface area contributed by atoms with Crippen molar-refractivity contribution >= 4 is 128 Å². The number of carbonyl (C=O) groups is 8. The Morgan fingerprint density at radius 2 is 1.17 bits per heavy atom. The topological polar surface area (TPSA) is 367 Å². The molecule has 13 N–H and O–H groups in total. The second-order valence-electron chi connectivity index (χ2n) is 22.0. The van der Waals surface area contributed by atoms with Gasteiger partial charge in [0.05, 0.1) is 35.7 Å². The van der Waals surface area contributed by atoms with E-state index >= 15 is 19.2 Å². The number of nitrogens with one attached hydrogen (secondary N) is 6. The van der Waals surface area contributed by atoms with Crippen LogP contribution in [0.1, 0.15) is 76.5 Å². The fraction of sp³-hybridized carbons (Fsp3) is 0.188. The summed E-state index contributed by atoms with van der Waals surface area (Å²) in [7, 11) is 1.18. The fourth-order valence-electron chi connectivity index (χ4n) is 11.0. The summed E-state index contributed by atoms with van der Waals surface area (Å²) in [5, 5.41) is 87.8. The number of ether oxygens (including phenoxy) is 1. The summed E-state index contributed by atoms with van der Waals surface area (Å²) in [5.74, 6) is -12.5. The first-order valence-electron chi connectivity index (χ1n) is 27.8. The highest BCUT2D eigenvalue weighted by atomic mass is 35.5. The van der Waals surface area contributed by atoms with Gasteiger partial charge in [0, 0.05) is 49.0 Å². The number of nitrogens with zero attached hydrogens (tertiary/aromatic N) is 1. The number of aromatic nitrogens is 1. The number of carboxylic acids is 1. The molecule has 29 heteroatoms. The zero-order valence-corrected chi connectivity index (χ0v) is 52.7. The van der Waals surface area contributed by atoms with Crippen LogP contribution in [0.2, 0.25) is 30.1 Å². The van der Waals surface area contributed by atoms with Crippen LogP contribution in [0, 0.1) is 0 Å². The number of amides is 6. The van der Waals surface area contributed by atoms with E-state index in [2.05, 4.69) is 31.6 Å². The second kappa shape index (κ2) is 26.6. The molecule has 0 saturated carbocycles. The van der Waals surface area contributed by atoms with Crippen molar-refractivity contribution in [3.05, 3.63) is 191 Å². The number of para-hydroxylation sites is 1. The lowest BCUT2D eigenvalue weighted by molar-refractivity contribution is -0.147. The van der Waals surface area contributed by atoms with E-state index in [1.807, 2.05) is 0 Å². The van der Waals surface area contributed by atoms with Gasteiger partial charge in [-0.15, -0.1) is 0 Å². The molecule has 3 aliphatic heterocycles. The van der Waals surface area contributed by atoms with E-state index in [4.69, 9.17) is 74.3 Å². The summed E-state index contributed by atoms with van der Waals surface area (Å²) < 4.78 is 6.42. The van der Waals surface area contributed by atoms with E-state index in [9.17, 15) is 54.9 Å². The first-order chi connectivity index (χ1) is 44.0. The maximum Gasteiger partial charge on any atom is 0.330 e. The van der Waals surface area contributed by atoms with E-state index in [0.29, 0.717) is 16.5 Å². The molecule has 9 bridgehead atoms. The number of aliphatic hydroxyl groups is 1. The molecular formula is C64H51Cl6N7O16. The van der Waals surface area contributed by atoms with E-state index in [0.717, 1.165) is 48.2 Å². The van der Waals surface area contributed by atoms with Gasteiger partial charge in [0.1, 0.15) is 47.5 Å². The molecule has 8 aromatic rings. The molecule has 0 saturated heterocycles. The number of phenolic OH excluding ortho intramolecular Hbond substituents is 5. The van der Waals surface area contributed by atoms with E-state index in [-0.39, 0.29) is 68.1 Å². The smallest absolute Gasteiger partial charge is 0.330 e. The first kappa shape index (κ1) is 66.5. The number of hydrogen-bond donors (Lipinski definition) is 13. The second-order valence-corrected chi connectivity index (χ2v) is 24.4. The van der Waals surface area contributed by atoms with Gasteiger partial charge in [-0.1, -0.05) is 112 Å². The Morgan fingerprint density at radius 3 is 1.73 bits per heavy atom. The van der Waals surface area contributed by atoms with Gasteiger partial charge in [0.15, 0.2) is 40.4 Å². The van der Waals surface area contributed by atoms with Crippen LogP contribution in [-0.4, -0.2) is 112 Å². The molecule has 6 amide bonds. The third kappa shape index (κ3) is 13.6. The Bertz CT molecular complexity index is 4350. The Balaban J connectivity index is 1.17. The third-order valence-electron chi connectivity index (χ3n) is 15.8. The van der Waals surface area contributed by atoms with Gasteiger partial charge in [-0.3, -0.25) is 33.6 Å². The number of halogens is 6. The molecule has 0 spiro atoms. The summed E-state index contributed by atoms with van der Waals surface area (Å²) >= 11 is 38.5. The summed E-state index contributed by atoms with van der Waals surface area (Å²) in [5.41, 5.74) is -2.80. The molecular weight excluding hydrogens is 1340 g/mol. The summed E-state index contributed by atoms with van der Waals surface area (Å²) in [6, 6.07) is 13.0. The number of carbonyl (C=O) groups excluding carboxylic acids is 7. The molecule has 0 radical (unpaired) electrons. The summed E-state index contributed by atoms with van der Waals surface area (Å²) in [6.45, 7) is 1.07. The summed E-state index contributed by atoms with van der Waals surface area (Å²) in [4.78, 5) is 122. The van der Waals surface area contributed by atoms with Crippen molar-refractivity contribution in [3.8, 4) is 51.4 Å². The number of likely N-dealkylation sites (N-methyl/N-ethyl adjacent to an activating group) is 1. The zero-order valence-electron chi connectivity index (χ0n) is 48.2. The van der Waals surface area contributed by atoms with Crippen LogP contribution < -0.4 is 31.3 Å². The van der Waals surface area contributed by atoms with Crippen LogP contribution >= 0.6 is 69.6 Å². The van der Waals surface area contributed by atoms with E-state index < -0.39 is 155 Å². The minimum atomic E-state index is -2.86. The normalized spacial score (nSPS) is 18.7. The molecule has 1 aromatic heterocycles. The minimum absolute atomic E-state index is 0.0312. The Morgan fingerprint density at radius 1 is 0.645 bits per heavy atom. The molecule has 0 fully saturated rings. The number of H-pyrrole nitrogens is 1. The van der Waals surface area contributed by atoms with E-state index in [1.54, 1.807) is 18.2 Å². The monoisotopic (exact) mass is 1380 g/mol. The van der Waals surface area contributed by atoms with Gasteiger partial charge in [0.25, 0.3) is 5.91 Å². The van der Waals surface area contributed by atoms with Crippen molar-refractivity contribution in [1.82, 2.24) is 36.5 Å². The molecule has 93 heavy (non-hydrogen) atoms. The SMILES string of the molecule is CC(=O)CC(O)(C(=O)NC1Cc2c[nH]c3c(cccc23)-c2cc3cc(c2O)Oc2ccc(cc2)CC(C(=O)NC(C(=O)O)c2ccc(O)cc2)N(C)C(=O)C(c2cc(Cl)c(O)c(Cl)c2)NC(=O)C3NC(=O)C(c2cc(Cl)c(O)c(Cl)c2)NC1=O)c1cc(Cl)c(O)c(Cl)c1. The maximum atomic E-state index is 15.9. The molecule has 7 unspecified atom stereocenters. The number of rotatable bonds is 11. The lowest BCUT2D eigenvalue weighted by Gasteiger charge is -2.33. The number of Topliss-reactive ketones (excluding diaryl/α,β-unsaturated/α-hetero) is 1. The number of fused-ring (bicyclic) bond motifs is 10. The summed E-state index contributed by atoms with van der Waals surface area (Å²) in [6.07, 6.45) is -0.275. The van der Waals surface area contributed by atoms with Gasteiger partial charge in [0.2, 0.25) is 29.5 Å². The number of ketones is 1. The van der Waals surface area contributed by atoms with Crippen LogP contribution in [0.25, 0.3) is 22.0 Å². The molecule has 7 atom stereocenters. The Kier molecular flexibility index (Phi) is 19.0. The number of carboxylic acid groups (broad SMARTS) is 1. The molecule has 480 valence electrons. The van der Waals surface area contributed by atoms with Crippen molar-refractivity contribution in [3.63, 3.8) is 0 Å². The third-order valence-corrected chi connectivity index (χ3v) is 17.5. The molecule has 4 heterocycles. The van der Waals surface area contributed by atoms with Gasteiger partial charge in [-0.05, 0) is 119 Å². The molecule has 23 nitrogen and oxygen atoms in total. The largest absolute Gasteiger partial charge is 0.508 e. The lowest BCUT2D eigenvalue weighted by Crippen LogP contribution is -2.56. The first-order valence-corrected chi connectivity index (χ1v) is 30.1. The highest BCUT2D eigenvalue weighted by Crippen LogP contribution is 2.46. The molecule has 0 aliphatic carbocycles. The van der Waals surface area contributed by atoms with Crippen LogP contribution in [0.15, 0.2) is 121 Å². The Labute approximate surface area is 556 Å². The van der Waals surface area contributed by atoms with Crippen LogP contribution in [0.3, 0.4) is 0 Å². The number of hydrogen-bond acceptors (Lipinski definition) is 15. The molecule has 11 rings (SSSR count). The predicted molar refractivity (Wildman–Crippen MR) is 341 cm³/mol. The van der Waals surface area contributed by atoms with Gasteiger partial charge >= 0.3 is 5.97 Å². The van der Waals surface area contributed by atoms with Crippen molar-refractivity contribution in [2.24, 2.45) is 0 Å². The van der Waals surface area contributed by atoms with Crippen molar-refractivity contribution < 1.29 is 78.8 Å². The maximum absolute atomic E-state index is 15.9. The lowest BCUT2D eigenvalue weighted by atomic mass is 9.87. The highest BCUT2D eigenvalue weighted by molar-refractivity contribution is 6.38. The average molecular weight is 1390 g/mol. The number of phenols is 5. The van der Waals surface area contributed by atoms with Crippen LogP contribution in [-0.2, 0) is 56.8 Å². The van der Waals surface area contributed by atoms with Gasteiger partial charge < -0.3 is 77.0 Å². The number of aromatic amines is 1. The number of benzene rings is 7. The number of aromatic hydroxyl groups is 5. The Hall–Kier alpha value is -9.46. The molecule has 3 aliphatic rings. The van der Waals surface area contributed by atoms with E-state index in [1.165, 1.54) is 73.9 Å². The van der Waals surface area contributed by atoms with Gasteiger partial charge in [-0.25, -0.2) is 4.79 Å². The van der Waals surface area contributed by atoms with Crippen molar-refractivity contribution in [2.45, 2.75) is 68.0 Å². The molecule has 7 aromatic carbocycles. The standard InChI is InChI=1S/C64H51Cl6N7O16/c1-26(78)24-64(92,33-22-43(69)56(83)44(70)23-33)63(91)72-45-20-32-25-71-52-36(32)4-3-5-37(52)38-15-29-21-47(53(38)80)93-35-12-6-27(7-13-35)14-46(58(85)76-51(62(89)90)28-8-10-34(79)11-9-28)77(2)61(88)50(31-18-41(67)55(82)42(68)19-31)75-60(87)48(29)74-59(86)49(73-57(45)84)30-16-39(65)54(81)40(66)17-30/h3-13,15-19,21-23,25,45-46,48-51,71,79-83,92H,14,20,24H2,1-2H3,(H,72,91)(H,73,84)(H,74,86)(H,75,87)(H,76,85)(H,89,90). The van der Waals surface area contributed by atoms with Crippen molar-refractivity contribution in [2.75, 3.05) is 7.05 Å². The van der Waals surface area contributed by atoms with Crippen LogP contribution in [0.4, 0.5) is 0 Å². The predicted octanol–water partition coefficient (Wildman–Crippen LogP) is 9.18. The highest BCUT2D eigenvalue weighted by Gasteiger charge is 2.44. The average Bonchev–Trinajstić information content (AvgIpc) is 1.77. The van der Waals surface area contributed by atoms with Crippen molar-refractivity contribution in [1.29, 1.82) is 0 Å². The number of aliphatic carboxylic acids is 1.